The van der Waals surface area contributed by atoms with Gasteiger partial charge >= 0.3 is 0 Å². The van der Waals surface area contributed by atoms with Crippen molar-refractivity contribution in [3.05, 3.63) is 35.5 Å². The number of nitrogens with zero attached hydrogens (tertiary/aromatic N) is 2. The molecule has 1 heterocycles. The highest BCUT2D eigenvalue weighted by Gasteiger charge is 2.14. The Morgan fingerprint density at radius 1 is 1.35 bits per heavy atom. The average molecular weight is 336 g/mol. The number of benzene rings is 1. The lowest BCUT2D eigenvalue weighted by molar-refractivity contribution is 0.296. The van der Waals surface area contributed by atoms with E-state index in [1.165, 1.54) is 6.07 Å². The van der Waals surface area contributed by atoms with Crippen LogP contribution in [0, 0.1) is 11.3 Å². The largest absolute Gasteiger partial charge is 0.494 e. The van der Waals surface area contributed by atoms with Crippen LogP contribution in [0.2, 0.25) is 0 Å². The Bertz CT molecular complexity index is 821. The molecule has 0 radical (unpaired) electrons. The number of hydrogen-bond donors (Lipinski definition) is 0. The third-order valence-corrected chi connectivity index (χ3v) is 3.38. The van der Waals surface area contributed by atoms with Crippen LogP contribution in [0.3, 0.4) is 0 Å². The molecule has 0 aliphatic heterocycles. The SMILES string of the molecule is CCCOc1ccc(-c2cc(COS(C)(=O)=O)no2)c(C#N)c1. The van der Waals surface area contributed by atoms with Gasteiger partial charge in [-0.15, -0.1) is 0 Å². The lowest BCUT2D eigenvalue weighted by atomic mass is 10.1. The number of hydrogen-bond acceptors (Lipinski definition) is 7. The third kappa shape index (κ3) is 4.81. The molecule has 0 aliphatic rings. The molecule has 2 rings (SSSR count). The van der Waals surface area contributed by atoms with Crippen molar-refractivity contribution in [1.29, 1.82) is 5.26 Å². The van der Waals surface area contributed by atoms with Crippen LogP contribution in [0.5, 0.6) is 5.75 Å². The van der Waals surface area contributed by atoms with Gasteiger partial charge in [-0.2, -0.15) is 13.7 Å². The smallest absolute Gasteiger partial charge is 0.264 e. The summed E-state index contributed by atoms with van der Waals surface area (Å²) in [5.41, 5.74) is 1.25. The first-order valence-electron chi connectivity index (χ1n) is 6.90. The van der Waals surface area contributed by atoms with Crippen molar-refractivity contribution in [2.45, 2.75) is 20.0 Å². The van der Waals surface area contributed by atoms with Crippen LogP contribution in [0.25, 0.3) is 11.3 Å². The summed E-state index contributed by atoms with van der Waals surface area (Å²) >= 11 is 0. The molecule has 0 amide bonds. The zero-order chi connectivity index (χ0) is 16.9. The molecule has 0 spiro atoms. The van der Waals surface area contributed by atoms with Crippen molar-refractivity contribution >= 4 is 10.1 Å². The predicted octanol–water partition coefficient (Wildman–Crippen LogP) is 2.48. The first-order valence-corrected chi connectivity index (χ1v) is 8.72. The van der Waals surface area contributed by atoms with Crippen molar-refractivity contribution in [3.63, 3.8) is 0 Å². The van der Waals surface area contributed by atoms with Crippen LogP contribution in [0.1, 0.15) is 24.6 Å². The Hall–Kier alpha value is -2.37. The third-order valence-electron chi connectivity index (χ3n) is 2.83. The molecule has 0 bridgehead atoms. The maximum atomic E-state index is 11.0. The van der Waals surface area contributed by atoms with Gasteiger partial charge in [0.2, 0.25) is 0 Å². The Morgan fingerprint density at radius 3 is 2.78 bits per heavy atom. The molecule has 2 aromatic rings. The monoisotopic (exact) mass is 336 g/mol. The zero-order valence-electron chi connectivity index (χ0n) is 12.8. The van der Waals surface area contributed by atoms with Gasteiger partial charge in [-0.25, -0.2) is 0 Å². The van der Waals surface area contributed by atoms with E-state index in [0.717, 1.165) is 12.7 Å². The van der Waals surface area contributed by atoms with Gasteiger partial charge in [-0.05, 0) is 24.6 Å². The topological polar surface area (TPSA) is 102 Å². The first-order chi connectivity index (χ1) is 10.9. The number of aromatic nitrogens is 1. The van der Waals surface area contributed by atoms with Crippen LogP contribution >= 0.6 is 0 Å². The van der Waals surface area contributed by atoms with Crippen molar-refractivity contribution in [1.82, 2.24) is 5.16 Å². The molecular weight excluding hydrogens is 320 g/mol. The molecule has 1 aromatic heterocycles. The van der Waals surface area contributed by atoms with E-state index in [4.69, 9.17) is 9.26 Å². The summed E-state index contributed by atoms with van der Waals surface area (Å²) in [4.78, 5) is 0. The lowest BCUT2D eigenvalue weighted by Crippen LogP contribution is -2.02. The molecule has 0 fully saturated rings. The van der Waals surface area contributed by atoms with Crippen molar-refractivity contribution in [2.75, 3.05) is 12.9 Å². The molecule has 0 saturated heterocycles. The second kappa shape index (κ2) is 7.26. The highest BCUT2D eigenvalue weighted by atomic mass is 32.2. The molecule has 23 heavy (non-hydrogen) atoms. The summed E-state index contributed by atoms with van der Waals surface area (Å²) < 4.78 is 37.2. The molecule has 0 unspecified atom stereocenters. The van der Waals surface area contributed by atoms with Gasteiger partial charge in [-0.3, -0.25) is 4.18 Å². The van der Waals surface area contributed by atoms with Crippen LogP contribution in [-0.2, 0) is 20.9 Å². The molecule has 0 atom stereocenters. The van der Waals surface area contributed by atoms with Gasteiger partial charge in [0.15, 0.2) is 5.76 Å². The Balaban J connectivity index is 2.21. The van der Waals surface area contributed by atoms with Gasteiger partial charge in [0.05, 0.1) is 18.4 Å². The summed E-state index contributed by atoms with van der Waals surface area (Å²) in [5, 5.41) is 13.0. The van der Waals surface area contributed by atoms with E-state index in [9.17, 15) is 13.7 Å². The number of rotatable bonds is 7. The van der Waals surface area contributed by atoms with E-state index >= 15 is 0 Å². The average Bonchev–Trinajstić information content (AvgIpc) is 2.98. The summed E-state index contributed by atoms with van der Waals surface area (Å²) in [6.07, 6.45) is 1.83. The maximum Gasteiger partial charge on any atom is 0.264 e. The van der Waals surface area contributed by atoms with Gasteiger partial charge in [-0.1, -0.05) is 12.1 Å². The van der Waals surface area contributed by atoms with Crippen LogP contribution in [0.15, 0.2) is 28.8 Å². The Kier molecular flexibility index (Phi) is 5.36. The quantitative estimate of drug-likeness (QED) is 0.716. The van der Waals surface area contributed by atoms with Crippen LogP contribution in [-0.4, -0.2) is 26.4 Å². The molecular formula is C15H16N2O5S. The van der Waals surface area contributed by atoms with Gasteiger partial charge in [0.25, 0.3) is 10.1 Å². The summed E-state index contributed by atoms with van der Waals surface area (Å²) in [6.45, 7) is 2.34. The normalized spacial score (nSPS) is 11.2. The fraction of sp³-hybridized carbons (Fsp3) is 0.333. The standard InChI is InChI=1S/C15H16N2O5S/c1-3-6-20-13-4-5-14(11(7-13)9-16)15-8-12(17-22-15)10-21-23(2,18)19/h4-5,7-8H,3,6,10H2,1-2H3. The van der Waals surface area contributed by atoms with Crippen LogP contribution < -0.4 is 4.74 Å². The summed E-state index contributed by atoms with van der Waals surface area (Å²) in [5.74, 6) is 0.961. The van der Waals surface area contributed by atoms with E-state index in [2.05, 4.69) is 15.4 Å². The van der Waals surface area contributed by atoms with Crippen molar-refractivity contribution in [3.8, 4) is 23.1 Å². The van der Waals surface area contributed by atoms with Crippen molar-refractivity contribution < 1.29 is 21.9 Å². The molecule has 1 aromatic carbocycles. The molecule has 0 N–H and O–H groups in total. The minimum absolute atomic E-state index is 0.220. The van der Waals surface area contributed by atoms with Gasteiger partial charge in [0, 0.05) is 11.6 Å². The van der Waals surface area contributed by atoms with E-state index in [0.29, 0.717) is 34.9 Å². The number of nitriles is 1. The van der Waals surface area contributed by atoms with E-state index in [1.54, 1.807) is 18.2 Å². The molecule has 122 valence electrons. The molecule has 8 heteroatoms. The van der Waals surface area contributed by atoms with Crippen LogP contribution in [0.4, 0.5) is 0 Å². The number of ether oxygens (including phenoxy) is 1. The summed E-state index contributed by atoms with van der Waals surface area (Å²) in [7, 11) is -3.56. The van der Waals surface area contributed by atoms with E-state index < -0.39 is 10.1 Å². The minimum atomic E-state index is -3.56. The summed E-state index contributed by atoms with van der Waals surface area (Å²) in [6, 6.07) is 8.68. The predicted molar refractivity (Wildman–Crippen MR) is 82.1 cm³/mol. The van der Waals surface area contributed by atoms with E-state index in [1.807, 2.05) is 6.92 Å². The Morgan fingerprint density at radius 2 is 2.13 bits per heavy atom. The maximum absolute atomic E-state index is 11.0. The Labute approximate surface area is 134 Å². The minimum Gasteiger partial charge on any atom is -0.494 e. The second-order valence-corrected chi connectivity index (χ2v) is 6.46. The fourth-order valence-corrected chi connectivity index (χ4v) is 2.15. The zero-order valence-corrected chi connectivity index (χ0v) is 13.6. The van der Waals surface area contributed by atoms with E-state index in [-0.39, 0.29) is 6.61 Å². The highest BCUT2D eigenvalue weighted by molar-refractivity contribution is 7.85. The molecule has 7 nitrogen and oxygen atoms in total. The first kappa shape index (κ1) is 17.0. The lowest BCUT2D eigenvalue weighted by Gasteiger charge is -2.06. The van der Waals surface area contributed by atoms with Gasteiger partial charge in [0.1, 0.15) is 24.1 Å². The highest BCUT2D eigenvalue weighted by Crippen LogP contribution is 2.28. The van der Waals surface area contributed by atoms with Gasteiger partial charge < -0.3 is 9.26 Å². The molecule has 0 aliphatic carbocycles. The molecule has 0 saturated carbocycles. The second-order valence-electron chi connectivity index (χ2n) is 4.82. The fourth-order valence-electron chi connectivity index (χ4n) is 1.81. The van der Waals surface area contributed by atoms with Crippen molar-refractivity contribution in [2.24, 2.45) is 0 Å².